The highest BCUT2D eigenvalue weighted by Crippen LogP contribution is 2.19. The molecule has 1 aromatic rings. The van der Waals surface area contributed by atoms with E-state index in [4.69, 9.17) is 10.9 Å². The highest BCUT2D eigenvalue weighted by atomic mass is 16.4. The van der Waals surface area contributed by atoms with Crippen LogP contribution in [-0.4, -0.2) is 27.6 Å². The van der Waals surface area contributed by atoms with Gasteiger partial charge in [-0.15, -0.1) is 0 Å². The number of nitrogens with zero attached hydrogens (tertiary/aromatic N) is 1. The van der Waals surface area contributed by atoms with Gasteiger partial charge in [-0.1, -0.05) is 37.2 Å². The van der Waals surface area contributed by atoms with Gasteiger partial charge in [-0.2, -0.15) is 0 Å². The average molecular weight is 279 g/mol. The van der Waals surface area contributed by atoms with Crippen LogP contribution in [-0.2, 0) is 11.2 Å². The Morgan fingerprint density at radius 2 is 1.95 bits per heavy atom. The number of carbonyl (C=O) groups is 1. The largest absolute Gasteiger partial charge is 0.508 e. The fourth-order valence-electron chi connectivity index (χ4n) is 2.09. The van der Waals surface area contributed by atoms with Crippen LogP contribution < -0.4 is 11.1 Å². The van der Waals surface area contributed by atoms with Crippen LogP contribution in [0, 0.1) is 0 Å². The molecule has 0 aliphatic rings. The predicted molar refractivity (Wildman–Crippen MR) is 76.7 cm³/mol. The Balaban J connectivity index is 2.85. The number of para-hydroxylation sites is 1. The predicted octanol–water partition coefficient (Wildman–Crippen LogP) is 1.36. The molecule has 0 bridgehead atoms. The Morgan fingerprint density at radius 1 is 1.35 bits per heavy atom. The van der Waals surface area contributed by atoms with Gasteiger partial charge < -0.3 is 21.4 Å². The zero-order valence-corrected chi connectivity index (χ0v) is 11.8. The summed E-state index contributed by atoms with van der Waals surface area (Å²) in [5, 5.41) is 24.3. The van der Waals surface area contributed by atoms with Crippen molar-refractivity contribution in [3.05, 3.63) is 29.8 Å². The fourth-order valence-corrected chi connectivity index (χ4v) is 2.09. The second-order valence-corrected chi connectivity index (χ2v) is 4.63. The number of aromatic hydroxyl groups is 1. The normalized spacial score (nSPS) is 12.2. The molecule has 0 aliphatic carbocycles. The third kappa shape index (κ3) is 3.40. The van der Waals surface area contributed by atoms with Crippen LogP contribution in [0.1, 0.15) is 32.3 Å². The molecule has 6 heteroatoms. The molecule has 0 aliphatic heterocycles. The first kappa shape index (κ1) is 15.8. The van der Waals surface area contributed by atoms with Gasteiger partial charge in [0.25, 0.3) is 0 Å². The highest BCUT2D eigenvalue weighted by molar-refractivity contribution is 5.94. The number of rotatable bonds is 6. The number of phenolic OH excluding ortho intramolecular Hbond substituents is 1. The van der Waals surface area contributed by atoms with E-state index in [-0.39, 0.29) is 23.9 Å². The molecule has 6 nitrogen and oxygen atoms in total. The number of nitrogens with two attached hydrogens (primary N) is 1. The number of hydrogen-bond donors (Lipinski definition) is 4. The van der Waals surface area contributed by atoms with E-state index in [1.807, 2.05) is 13.8 Å². The highest BCUT2D eigenvalue weighted by Gasteiger charge is 2.33. The molecular formula is C14H21N3O3. The Labute approximate surface area is 118 Å². The van der Waals surface area contributed by atoms with Crippen molar-refractivity contribution in [2.75, 3.05) is 0 Å². The number of hydrogen-bond acceptors (Lipinski definition) is 4. The van der Waals surface area contributed by atoms with E-state index in [1.165, 1.54) is 6.07 Å². The van der Waals surface area contributed by atoms with E-state index in [0.717, 1.165) is 0 Å². The minimum absolute atomic E-state index is 0.0202. The van der Waals surface area contributed by atoms with E-state index < -0.39 is 5.54 Å². The number of benzene rings is 1. The molecule has 0 saturated heterocycles. The molecule has 1 aromatic carbocycles. The van der Waals surface area contributed by atoms with Gasteiger partial charge in [0.2, 0.25) is 5.91 Å². The van der Waals surface area contributed by atoms with Crippen LogP contribution in [0.3, 0.4) is 0 Å². The SMILES string of the molecule is CCC(CC)(NC(=O)Cc1ccccc1O)/C(N)=N/O. The molecule has 20 heavy (non-hydrogen) atoms. The molecule has 0 fully saturated rings. The first-order chi connectivity index (χ1) is 9.49. The zero-order valence-electron chi connectivity index (χ0n) is 11.8. The van der Waals surface area contributed by atoms with Crippen LogP contribution in [0.4, 0.5) is 0 Å². The lowest BCUT2D eigenvalue weighted by atomic mass is 9.91. The van der Waals surface area contributed by atoms with Crippen molar-refractivity contribution in [3.8, 4) is 5.75 Å². The van der Waals surface area contributed by atoms with Gasteiger partial charge in [0.1, 0.15) is 11.3 Å². The van der Waals surface area contributed by atoms with Crippen molar-refractivity contribution in [1.29, 1.82) is 0 Å². The van der Waals surface area contributed by atoms with Crippen LogP contribution in [0.2, 0.25) is 0 Å². The fraction of sp³-hybridized carbons (Fsp3) is 0.429. The second-order valence-electron chi connectivity index (χ2n) is 4.63. The number of nitrogens with one attached hydrogen (secondary N) is 1. The Bertz CT molecular complexity index is 496. The number of oxime groups is 1. The average Bonchev–Trinajstić information content (AvgIpc) is 2.46. The smallest absolute Gasteiger partial charge is 0.225 e. The minimum Gasteiger partial charge on any atom is -0.508 e. The summed E-state index contributed by atoms with van der Waals surface area (Å²) >= 11 is 0. The van der Waals surface area contributed by atoms with Crippen molar-refractivity contribution >= 4 is 11.7 Å². The second kappa shape index (κ2) is 6.79. The lowest BCUT2D eigenvalue weighted by Gasteiger charge is -2.31. The van der Waals surface area contributed by atoms with Crippen molar-refractivity contribution in [1.82, 2.24) is 5.32 Å². The zero-order chi connectivity index (χ0) is 15.2. The number of carbonyl (C=O) groups excluding carboxylic acids is 1. The van der Waals surface area contributed by atoms with E-state index in [0.29, 0.717) is 18.4 Å². The molecule has 0 saturated carbocycles. The van der Waals surface area contributed by atoms with E-state index in [9.17, 15) is 9.90 Å². The summed E-state index contributed by atoms with van der Waals surface area (Å²) in [6.07, 6.45) is 1.05. The molecule has 1 amide bonds. The summed E-state index contributed by atoms with van der Waals surface area (Å²) in [7, 11) is 0. The van der Waals surface area contributed by atoms with Gasteiger partial charge in [-0.3, -0.25) is 4.79 Å². The van der Waals surface area contributed by atoms with E-state index in [2.05, 4.69) is 10.5 Å². The Morgan fingerprint density at radius 3 is 2.45 bits per heavy atom. The summed E-state index contributed by atoms with van der Waals surface area (Å²) in [5.41, 5.74) is 5.35. The van der Waals surface area contributed by atoms with Crippen molar-refractivity contribution in [2.45, 2.75) is 38.6 Å². The molecule has 1 rings (SSSR count). The van der Waals surface area contributed by atoms with Crippen LogP contribution in [0.25, 0.3) is 0 Å². The first-order valence-electron chi connectivity index (χ1n) is 6.55. The van der Waals surface area contributed by atoms with Gasteiger partial charge in [-0.05, 0) is 18.9 Å². The summed E-state index contributed by atoms with van der Waals surface area (Å²) in [4.78, 5) is 12.1. The van der Waals surface area contributed by atoms with Crippen LogP contribution >= 0.6 is 0 Å². The maximum Gasteiger partial charge on any atom is 0.225 e. The maximum absolute atomic E-state index is 12.1. The monoisotopic (exact) mass is 279 g/mol. The van der Waals surface area contributed by atoms with Crippen molar-refractivity contribution in [2.24, 2.45) is 10.9 Å². The number of amidine groups is 1. The lowest BCUT2D eigenvalue weighted by molar-refractivity contribution is -0.121. The molecule has 0 atom stereocenters. The quantitative estimate of drug-likeness (QED) is 0.273. The third-order valence-electron chi connectivity index (χ3n) is 3.53. The van der Waals surface area contributed by atoms with Gasteiger partial charge in [0, 0.05) is 5.56 Å². The molecule has 0 unspecified atom stereocenters. The Hall–Kier alpha value is -2.24. The summed E-state index contributed by atoms with van der Waals surface area (Å²) in [6.45, 7) is 3.70. The Kier molecular flexibility index (Phi) is 5.37. The van der Waals surface area contributed by atoms with Crippen LogP contribution in [0.5, 0.6) is 5.75 Å². The maximum atomic E-state index is 12.1. The molecule has 110 valence electrons. The van der Waals surface area contributed by atoms with Crippen LogP contribution in [0.15, 0.2) is 29.4 Å². The number of phenols is 1. The minimum atomic E-state index is -0.865. The molecule has 0 aromatic heterocycles. The lowest BCUT2D eigenvalue weighted by Crippen LogP contribution is -2.57. The summed E-state index contributed by atoms with van der Waals surface area (Å²) in [5.74, 6) is -0.236. The topological polar surface area (TPSA) is 108 Å². The number of amides is 1. The molecule has 0 heterocycles. The van der Waals surface area contributed by atoms with Crippen molar-refractivity contribution < 1.29 is 15.1 Å². The molecule has 5 N–H and O–H groups in total. The van der Waals surface area contributed by atoms with Gasteiger partial charge in [0.05, 0.1) is 6.42 Å². The van der Waals surface area contributed by atoms with Gasteiger partial charge in [0.15, 0.2) is 5.84 Å². The third-order valence-corrected chi connectivity index (χ3v) is 3.53. The molecule has 0 spiro atoms. The summed E-state index contributed by atoms with van der Waals surface area (Å²) in [6, 6.07) is 6.64. The van der Waals surface area contributed by atoms with Crippen molar-refractivity contribution in [3.63, 3.8) is 0 Å². The summed E-state index contributed by atoms with van der Waals surface area (Å²) < 4.78 is 0. The van der Waals surface area contributed by atoms with E-state index >= 15 is 0 Å². The van der Waals surface area contributed by atoms with Gasteiger partial charge in [-0.25, -0.2) is 0 Å². The van der Waals surface area contributed by atoms with Gasteiger partial charge >= 0.3 is 0 Å². The molecule has 0 radical (unpaired) electrons. The first-order valence-corrected chi connectivity index (χ1v) is 6.55. The van der Waals surface area contributed by atoms with E-state index in [1.54, 1.807) is 18.2 Å². The standard InChI is InChI=1S/C14H21N3O3/c1-3-14(4-2,13(15)17-20)16-12(19)9-10-7-5-6-8-11(10)18/h5-8,18,20H,3-4,9H2,1-2H3,(H2,15,17)(H,16,19). The molecular weight excluding hydrogens is 258 g/mol.